The van der Waals surface area contributed by atoms with Crippen molar-refractivity contribution >= 4 is 17.8 Å². The van der Waals surface area contributed by atoms with Gasteiger partial charge in [0.25, 0.3) is 0 Å². The Bertz CT molecular complexity index is 1050. The number of carbonyl (C=O) groups excluding carboxylic acids is 2. The van der Waals surface area contributed by atoms with Crippen molar-refractivity contribution < 1.29 is 24.6 Å². The van der Waals surface area contributed by atoms with Gasteiger partial charge in [-0.15, -0.1) is 6.42 Å². The summed E-state index contributed by atoms with van der Waals surface area (Å²) in [6.07, 6.45) is 5.46. The number of hydrogen-bond acceptors (Lipinski definition) is 7. The highest BCUT2D eigenvalue weighted by Gasteiger charge is 2.45. The highest BCUT2D eigenvalue weighted by atomic mass is 16.4. The minimum atomic E-state index is -0.866. The second-order valence-corrected chi connectivity index (χ2v) is 11.6. The van der Waals surface area contributed by atoms with Crippen LogP contribution in [-0.4, -0.2) is 101 Å². The maximum Gasteiger partial charge on any atom is 0.322 e. The summed E-state index contributed by atoms with van der Waals surface area (Å²) in [5.74, 6) is 1.18. The fourth-order valence-corrected chi connectivity index (χ4v) is 5.23. The molecule has 0 spiro atoms. The molecule has 0 bridgehead atoms. The smallest absolute Gasteiger partial charge is 0.322 e. The van der Waals surface area contributed by atoms with Crippen molar-refractivity contribution in [3.05, 3.63) is 35.4 Å². The van der Waals surface area contributed by atoms with Gasteiger partial charge in [-0.05, 0) is 36.1 Å². The SMILES string of the molecule is C#Cc1ccc(CNC(=O)[C@@H]2C[C@@H](O)CN2C(=O)[C@H](NC(C)C)C(C)(C)CCN2CCN[C@H](C(=O)O)C2)cc1. The molecule has 39 heavy (non-hydrogen) atoms. The molecule has 3 rings (SSSR count). The topological polar surface area (TPSA) is 134 Å². The highest BCUT2D eigenvalue weighted by Crippen LogP contribution is 2.30. The number of terminal acetylenes is 1. The first-order chi connectivity index (χ1) is 18.4. The number of benzene rings is 1. The molecule has 0 saturated carbocycles. The summed E-state index contributed by atoms with van der Waals surface area (Å²) in [5.41, 5.74) is 1.14. The summed E-state index contributed by atoms with van der Waals surface area (Å²) in [6.45, 7) is 10.8. The summed E-state index contributed by atoms with van der Waals surface area (Å²) in [5, 5.41) is 29.1. The number of amides is 2. The van der Waals surface area contributed by atoms with Gasteiger partial charge in [0.1, 0.15) is 12.1 Å². The molecule has 0 unspecified atom stereocenters. The molecule has 1 aromatic rings. The Morgan fingerprint density at radius 1 is 1.21 bits per heavy atom. The number of nitrogens with zero attached hydrogens (tertiary/aromatic N) is 2. The molecule has 10 nitrogen and oxygen atoms in total. The van der Waals surface area contributed by atoms with Crippen LogP contribution in [0.4, 0.5) is 0 Å². The van der Waals surface area contributed by atoms with Crippen molar-refractivity contribution in [1.82, 2.24) is 25.8 Å². The molecular formula is C29H43N5O5. The van der Waals surface area contributed by atoms with Crippen LogP contribution < -0.4 is 16.0 Å². The third-order valence-electron chi connectivity index (χ3n) is 7.61. The zero-order valence-electron chi connectivity index (χ0n) is 23.4. The lowest BCUT2D eigenvalue weighted by molar-refractivity contribution is -0.143. The maximum absolute atomic E-state index is 14.0. The van der Waals surface area contributed by atoms with Gasteiger partial charge in [-0.2, -0.15) is 0 Å². The number of likely N-dealkylation sites (tertiary alicyclic amines) is 1. The van der Waals surface area contributed by atoms with Gasteiger partial charge in [0.05, 0.1) is 12.1 Å². The molecule has 4 atom stereocenters. The van der Waals surface area contributed by atoms with Crippen molar-refractivity contribution in [3.63, 3.8) is 0 Å². The number of carbonyl (C=O) groups is 3. The Morgan fingerprint density at radius 3 is 2.51 bits per heavy atom. The maximum atomic E-state index is 14.0. The van der Waals surface area contributed by atoms with Crippen LogP contribution in [0.15, 0.2) is 24.3 Å². The Hall–Kier alpha value is -2.97. The summed E-state index contributed by atoms with van der Waals surface area (Å²) in [7, 11) is 0. The fraction of sp³-hybridized carbons (Fsp3) is 0.621. The number of hydrogen-bond donors (Lipinski definition) is 5. The minimum absolute atomic E-state index is 0.0135. The lowest BCUT2D eigenvalue weighted by Gasteiger charge is -2.40. The van der Waals surface area contributed by atoms with E-state index in [0.717, 1.165) is 17.7 Å². The lowest BCUT2D eigenvalue weighted by atomic mass is 9.79. The molecule has 2 saturated heterocycles. The minimum Gasteiger partial charge on any atom is -0.480 e. The van der Waals surface area contributed by atoms with Crippen LogP contribution in [0, 0.1) is 17.8 Å². The van der Waals surface area contributed by atoms with E-state index in [1.165, 1.54) is 4.90 Å². The van der Waals surface area contributed by atoms with Crippen molar-refractivity contribution in [3.8, 4) is 12.3 Å². The molecule has 2 aliphatic rings. The van der Waals surface area contributed by atoms with Gasteiger partial charge < -0.3 is 31.1 Å². The Morgan fingerprint density at radius 2 is 1.90 bits per heavy atom. The second kappa shape index (κ2) is 13.4. The summed E-state index contributed by atoms with van der Waals surface area (Å²) in [6, 6.07) is 5.37. The van der Waals surface area contributed by atoms with Crippen LogP contribution in [0.25, 0.3) is 0 Å². The largest absolute Gasteiger partial charge is 0.480 e. The Labute approximate surface area is 231 Å². The van der Waals surface area contributed by atoms with Gasteiger partial charge in [0.15, 0.2) is 0 Å². The predicted molar refractivity (Wildman–Crippen MR) is 149 cm³/mol. The molecule has 5 N–H and O–H groups in total. The van der Waals surface area contributed by atoms with Gasteiger partial charge in [-0.1, -0.05) is 45.7 Å². The second-order valence-electron chi connectivity index (χ2n) is 11.6. The zero-order chi connectivity index (χ0) is 28.7. The average molecular weight is 542 g/mol. The van der Waals surface area contributed by atoms with Gasteiger partial charge >= 0.3 is 5.97 Å². The number of aliphatic carboxylic acids is 1. The number of piperazine rings is 1. The third kappa shape index (κ3) is 8.26. The van der Waals surface area contributed by atoms with Crippen LogP contribution in [0.1, 0.15) is 51.7 Å². The molecule has 0 radical (unpaired) electrons. The van der Waals surface area contributed by atoms with E-state index >= 15 is 0 Å². The number of rotatable bonds is 11. The zero-order valence-corrected chi connectivity index (χ0v) is 23.4. The van der Waals surface area contributed by atoms with Crippen molar-refractivity contribution in [2.75, 3.05) is 32.7 Å². The molecule has 2 aliphatic heterocycles. The van der Waals surface area contributed by atoms with Gasteiger partial charge in [0.2, 0.25) is 11.8 Å². The van der Waals surface area contributed by atoms with Crippen LogP contribution in [-0.2, 0) is 20.9 Å². The van der Waals surface area contributed by atoms with E-state index in [2.05, 4.69) is 26.8 Å². The number of nitrogens with one attached hydrogen (secondary N) is 3. The first-order valence-electron chi connectivity index (χ1n) is 13.7. The van der Waals surface area contributed by atoms with E-state index in [4.69, 9.17) is 6.42 Å². The summed E-state index contributed by atoms with van der Waals surface area (Å²) < 4.78 is 0. The first-order valence-corrected chi connectivity index (χ1v) is 13.7. The van der Waals surface area contributed by atoms with Gasteiger partial charge in [-0.3, -0.25) is 19.3 Å². The van der Waals surface area contributed by atoms with Crippen LogP contribution in [0.3, 0.4) is 0 Å². The number of carboxylic acid groups (broad SMARTS) is 1. The van der Waals surface area contributed by atoms with Crippen molar-refractivity contribution in [2.24, 2.45) is 5.41 Å². The Balaban J connectivity index is 1.68. The number of aliphatic hydroxyl groups excluding tert-OH is 1. The average Bonchev–Trinajstić information content (AvgIpc) is 3.31. The number of β-amino-alcohol motifs (C(OH)–C–C–N with tert-alkyl or cyclic N) is 1. The fourth-order valence-electron chi connectivity index (χ4n) is 5.23. The van der Waals surface area contributed by atoms with Crippen LogP contribution in [0.5, 0.6) is 0 Å². The van der Waals surface area contributed by atoms with E-state index in [-0.39, 0.29) is 30.8 Å². The predicted octanol–water partition coefficient (Wildman–Crippen LogP) is 0.387. The molecular weight excluding hydrogens is 498 g/mol. The molecule has 1 aromatic carbocycles. The third-order valence-corrected chi connectivity index (χ3v) is 7.61. The molecule has 2 heterocycles. The van der Waals surface area contributed by atoms with E-state index in [1.807, 2.05) is 52.0 Å². The molecule has 2 fully saturated rings. The monoisotopic (exact) mass is 541 g/mol. The molecule has 0 aliphatic carbocycles. The van der Waals surface area contributed by atoms with E-state index in [1.54, 1.807) is 0 Å². The molecule has 10 heteroatoms. The summed E-state index contributed by atoms with van der Waals surface area (Å²) >= 11 is 0. The normalized spacial score (nSPS) is 22.9. The van der Waals surface area contributed by atoms with E-state index in [9.17, 15) is 24.6 Å². The molecule has 0 aromatic heterocycles. The van der Waals surface area contributed by atoms with Crippen LogP contribution in [0.2, 0.25) is 0 Å². The van der Waals surface area contributed by atoms with E-state index < -0.39 is 35.6 Å². The number of carboxylic acids is 1. The number of aliphatic hydroxyl groups is 1. The Kier molecular flexibility index (Phi) is 10.5. The standard InChI is InChI=1S/C29H43N5O5/c1-6-20-7-9-21(10-8-20)16-31-26(36)24-15-22(35)17-34(24)27(37)25(32-19(2)3)29(4,5)11-13-33-14-12-30-23(18-33)28(38)39/h1,7-10,19,22-25,30,32,35H,11-18H2,2-5H3,(H,31,36)(H,38,39)/t22-,23+,24+,25+/m1/s1. The lowest BCUT2D eigenvalue weighted by Crippen LogP contribution is -2.59. The van der Waals surface area contributed by atoms with Crippen molar-refractivity contribution in [2.45, 2.75) is 77.4 Å². The quantitative estimate of drug-likeness (QED) is 0.254. The molecule has 214 valence electrons. The highest BCUT2D eigenvalue weighted by molar-refractivity contribution is 5.91. The summed E-state index contributed by atoms with van der Waals surface area (Å²) in [4.78, 5) is 42.2. The van der Waals surface area contributed by atoms with Gasteiger partial charge in [0, 0.05) is 50.7 Å². The van der Waals surface area contributed by atoms with Gasteiger partial charge in [-0.25, -0.2) is 0 Å². The molecule has 2 amide bonds. The van der Waals surface area contributed by atoms with Crippen molar-refractivity contribution in [1.29, 1.82) is 0 Å². The first kappa shape index (κ1) is 30.6. The van der Waals surface area contributed by atoms with Crippen LogP contribution >= 0.6 is 0 Å². The van der Waals surface area contributed by atoms with E-state index in [0.29, 0.717) is 32.6 Å².